The van der Waals surface area contributed by atoms with Crippen molar-refractivity contribution in [3.63, 3.8) is 0 Å². The van der Waals surface area contributed by atoms with Gasteiger partial charge >= 0.3 is 0 Å². The van der Waals surface area contributed by atoms with Crippen molar-refractivity contribution in [2.75, 3.05) is 26.2 Å². The molecule has 1 saturated heterocycles. The molecule has 1 aliphatic carbocycles. The van der Waals surface area contributed by atoms with Crippen LogP contribution in [0.1, 0.15) is 64.7 Å². The number of rotatable bonds is 8. The maximum atomic E-state index is 3.75. The van der Waals surface area contributed by atoms with Crippen LogP contribution in [0.25, 0.3) is 0 Å². The Hall–Kier alpha value is -0.0800. The van der Waals surface area contributed by atoms with E-state index in [1.54, 1.807) is 0 Å². The molecule has 2 nitrogen and oxygen atoms in total. The van der Waals surface area contributed by atoms with E-state index in [2.05, 4.69) is 17.1 Å². The Morgan fingerprint density at radius 2 is 1.83 bits per heavy atom. The predicted molar refractivity (Wildman–Crippen MR) is 78.9 cm³/mol. The van der Waals surface area contributed by atoms with Crippen molar-refractivity contribution in [1.29, 1.82) is 0 Å². The summed E-state index contributed by atoms with van der Waals surface area (Å²) in [6, 6.07) is 0.813. The summed E-state index contributed by atoms with van der Waals surface area (Å²) in [4.78, 5) is 2.73. The van der Waals surface area contributed by atoms with E-state index in [1.165, 1.54) is 84.0 Å². The lowest BCUT2D eigenvalue weighted by atomic mass is 10.1. The second-order valence-electron chi connectivity index (χ2n) is 6.32. The molecule has 0 spiro atoms. The molecular weight excluding hydrogens is 220 g/mol. The molecule has 1 N–H and O–H groups in total. The Morgan fingerprint density at radius 3 is 2.61 bits per heavy atom. The third-order valence-electron chi connectivity index (χ3n) is 4.53. The number of hydrogen-bond donors (Lipinski definition) is 1. The Morgan fingerprint density at radius 1 is 1.06 bits per heavy atom. The van der Waals surface area contributed by atoms with Gasteiger partial charge in [0.05, 0.1) is 0 Å². The Bertz CT molecular complexity index is 213. The van der Waals surface area contributed by atoms with Gasteiger partial charge in [-0.25, -0.2) is 0 Å². The van der Waals surface area contributed by atoms with Crippen molar-refractivity contribution in [3.05, 3.63) is 0 Å². The first-order valence-electron chi connectivity index (χ1n) is 8.36. The van der Waals surface area contributed by atoms with Gasteiger partial charge in [-0.2, -0.15) is 0 Å². The highest BCUT2D eigenvalue weighted by atomic mass is 15.2. The highest BCUT2D eigenvalue weighted by Crippen LogP contribution is 2.33. The molecule has 1 saturated carbocycles. The van der Waals surface area contributed by atoms with Crippen LogP contribution in [0.3, 0.4) is 0 Å². The summed E-state index contributed by atoms with van der Waals surface area (Å²) in [7, 11) is 0. The van der Waals surface area contributed by atoms with Crippen LogP contribution in [0.4, 0.5) is 0 Å². The Kier molecular flexibility index (Phi) is 6.50. The van der Waals surface area contributed by atoms with Crippen LogP contribution in [-0.4, -0.2) is 37.1 Å². The van der Waals surface area contributed by atoms with Gasteiger partial charge in [0.15, 0.2) is 0 Å². The van der Waals surface area contributed by atoms with E-state index >= 15 is 0 Å². The monoisotopic (exact) mass is 252 g/mol. The zero-order valence-electron chi connectivity index (χ0n) is 12.3. The van der Waals surface area contributed by atoms with Crippen LogP contribution < -0.4 is 5.32 Å². The van der Waals surface area contributed by atoms with Gasteiger partial charge in [0.1, 0.15) is 0 Å². The SMILES string of the molecule is CCCCCCCCN1CCCNC(C2CC2)C1. The second-order valence-corrected chi connectivity index (χ2v) is 6.32. The van der Waals surface area contributed by atoms with Crippen molar-refractivity contribution < 1.29 is 0 Å². The van der Waals surface area contributed by atoms with Gasteiger partial charge in [-0.15, -0.1) is 0 Å². The van der Waals surface area contributed by atoms with Gasteiger partial charge in [0, 0.05) is 12.6 Å². The van der Waals surface area contributed by atoms with Crippen molar-refractivity contribution in [2.45, 2.75) is 70.8 Å². The Labute approximate surface area is 114 Å². The van der Waals surface area contributed by atoms with Gasteiger partial charge in [0.2, 0.25) is 0 Å². The first-order chi connectivity index (χ1) is 8.90. The van der Waals surface area contributed by atoms with Gasteiger partial charge in [-0.1, -0.05) is 39.0 Å². The lowest BCUT2D eigenvalue weighted by molar-refractivity contribution is 0.253. The molecule has 106 valence electrons. The van der Waals surface area contributed by atoms with Gasteiger partial charge in [0.25, 0.3) is 0 Å². The third-order valence-corrected chi connectivity index (χ3v) is 4.53. The highest BCUT2D eigenvalue weighted by molar-refractivity contribution is 4.89. The molecule has 0 amide bonds. The standard InChI is InChI=1S/C16H32N2/c1-2-3-4-5-6-7-12-18-13-8-11-17-16(14-18)15-9-10-15/h15-17H,2-14H2,1H3. The minimum atomic E-state index is 0.813. The van der Waals surface area contributed by atoms with E-state index < -0.39 is 0 Å². The molecule has 0 aromatic heterocycles. The molecule has 1 heterocycles. The summed E-state index contributed by atoms with van der Waals surface area (Å²) < 4.78 is 0. The predicted octanol–water partition coefficient (Wildman–Crippen LogP) is 3.42. The summed E-state index contributed by atoms with van der Waals surface area (Å²) in [5.41, 5.74) is 0. The van der Waals surface area contributed by atoms with Crippen LogP contribution >= 0.6 is 0 Å². The zero-order valence-corrected chi connectivity index (χ0v) is 12.3. The minimum Gasteiger partial charge on any atom is -0.312 e. The molecule has 2 aliphatic rings. The molecule has 1 unspecified atom stereocenters. The quantitative estimate of drug-likeness (QED) is 0.666. The second kappa shape index (κ2) is 8.16. The normalized spacial score (nSPS) is 26.2. The largest absolute Gasteiger partial charge is 0.312 e. The smallest absolute Gasteiger partial charge is 0.0223 e. The maximum Gasteiger partial charge on any atom is 0.0223 e. The van der Waals surface area contributed by atoms with Crippen LogP contribution in [0.15, 0.2) is 0 Å². The minimum absolute atomic E-state index is 0.813. The number of nitrogens with one attached hydrogen (secondary N) is 1. The van der Waals surface area contributed by atoms with Crippen LogP contribution in [0.5, 0.6) is 0 Å². The average molecular weight is 252 g/mol. The van der Waals surface area contributed by atoms with Gasteiger partial charge < -0.3 is 10.2 Å². The summed E-state index contributed by atoms with van der Waals surface area (Å²) in [6.45, 7) is 7.53. The van der Waals surface area contributed by atoms with Gasteiger partial charge in [-0.3, -0.25) is 0 Å². The highest BCUT2D eigenvalue weighted by Gasteiger charge is 2.32. The summed E-state index contributed by atoms with van der Waals surface area (Å²) in [6.07, 6.45) is 12.8. The van der Waals surface area contributed by atoms with Crippen LogP contribution in [0.2, 0.25) is 0 Å². The summed E-state index contributed by atoms with van der Waals surface area (Å²) >= 11 is 0. The third kappa shape index (κ3) is 5.27. The molecule has 0 aromatic rings. The number of nitrogens with zero attached hydrogens (tertiary/aromatic N) is 1. The van der Waals surface area contributed by atoms with Crippen LogP contribution in [-0.2, 0) is 0 Å². The lowest BCUT2D eigenvalue weighted by Gasteiger charge is -2.24. The van der Waals surface area contributed by atoms with Crippen molar-refractivity contribution in [3.8, 4) is 0 Å². The Balaban J connectivity index is 1.56. The lowest BCUT2D eigenvalue weighted by Crippen LogP contribution is -2.39. The molecule has 2 rings (SSSR count). The molecule has 0 bridgehead atoms. The summed E-state index contributed by atoms with van der Waals surface area (Å²) in [5.74, 6) is 1.01. The van der Waals surface area contributed by atoms with E-state index in [0.717, 1.165) is 12.0 Å². The fourth-order valence-electron chi connectivity index (χ4n) is 3.16. The first kappa shape index (κ1) is 14.3. The zero-order chi connectivity index (χ0) is 12.6. The van der Waals surface area contributed by atoms with E-state index in [4.69, 9.17) is 0 Å². The van der Waals surface area contributed by atoms with Gasteiger partial charge in [-0.05, 0) is 51.2 Å². The molecule has 1 atom stereocenters. The fraction of sp³-hybridized carbons (Fsp3) is 1.00. The number of hydrogen-bond acceptors (Lipinski definition) is 2. The van der Waals surface area contributed by atoms with E-state index in [9.17, 15) is 0 Å². The maximum absolute atomic E-state index is 3.75. The molecule has 1 aliphatic heterocycles. The fourth-order valence-corrected chi connectivity index (χ4v) is 3.16. The molecule has 0 radical (unpaired) electrons. The first-order valence-corrected chi connectivity index (χ1v) is 8.36. The van der Waals surface area contributed by atoms with Crippen molar-refractivity contribution in [1.82, 2.24) is 10.2 Å². The van der Waals surface area contributed by atoms with Crippen molar-refractivity contribution in [2.24, 2.45) is 5.92 Å². The van der Waals surface area contributed by atoms with E-state index in [1.807, 2.05) is 0 Å². The van der Waals surface area contributed by atoms with Crippen LogP contribution in [0, 0.1) is 5.92 Å². The topological polar surface area (TPSA) is 15.3 Å². The molecular formula is C16H32N2. The number of unbranched alkanes of at least 4 members (excludes halogenated alkanes) is 5. The molecule has 18 heavy (non-hydrogen) atoms. The van der Waals surface area contributed by atoms with Crippen molar-refractivity contribution >= 4 is 0 Å². The molecule has 0 aromatic carbocycles. The molecule has 2 fully saturated rings. The van der Waals surface area contributed by atoms with E-state index in [-0.39, 0.29) is 0 Å². The van der Waals surface area contributed by atoms with E-state index in [0.29, 0.717) is 0 Å². The summed E-state index contributed by atoms with van der Waals surface area (Å²) in [5, 5.41) is 3.75. The molecule has 2 heteroatoms. The average Bonchev–Trinajstić information content (AvgIpc) is 3.19.